The monoisotopic (exact) mass is 283 g/mol. The summed E-state index contributed by atoms with van der Waals surface area (Å²) >= 11 is 0. The van der Waals surface area contributed by atoms with E-state index in [-0.39, 0.29) is 0 Å². The van der Waals surface area contributed by atoms with E-state index in [0.717, 1.165) is 5.56 Å². The molecule has 4 nitrogen and oxygen atoms in total. The topological polar surface area (TPSA) is 62.5 Å². The van der Waals surface area contributed by atoms with Crippen molar-refractivity contribution in [1.82, 2.24) is 0 Å². The van der Waals surface area contributed by atoms with Gasteiger partial charge in [-0.15, -0.1) is 0 Å². The van der Waals surface area contributed by atoms with E-state index >= 15 is 0 Å². The molecule has 0 saturated carbocycles. The number of hydrogen-bond donors (Lipinski definition) is 1. The zero-order valence-electron chi connectivity index (χ0n) is 12.3. The Kier molecular flexibility index (Phi) is 4.46. The van der Waals surface area contributed by atoms with E-state index in [4.69, 9.17) is 14.7 Å². The van der Waals surface area contributed by atoms with Gasteiger partial charge in [0.25, 0.3) is 0 Å². The van der Waals surface area contributed by atoms with Gasteiger partial charge in [0.05, 0.1) is 24.8 Å². The number of hydrogen-bond acceptors (Lipinski definition) is 4. The number of aryl methyl sites for hydroxylation is 1. The molecule has 0 radical (unpaired) electrons. The first-order valence-electron chi connectivity index (χ1n) is 6.59. The highest BCUT2D eigenvalue weighted by molar-refractivity contribution is 5.49. The standard InChI is InChI=1S/C17H17NO3/c1-11-4-7-15(17(8-11)20-3)21-16-9-13(10-18)5-6-14(16)12(2)19/h4-9,12,19H,1-3H3. The molecule has 0 spiro atoms. The van der Waals surface area contributed by atoms with Crippen LogP contribution in [0.2, 0.25) is 0 Å². The molecule has 0 fully saturated rings. The van der Waals surface area contributed by atoms with Gasteiger partial charge in [-0.05, 0) is 43.7 Å². The highest BCUT2D eigenvalue weighted by Crippen LogP contribution is 2.36. The van der Waals surface area contributed by atoms with Gasteiger partial charge in [-0.3, -0.25) is 0 Å². The van der Waals surface area contributed by atoms with Crippen molar-refractivity contribution in [2.24, 2.45) is 0 Å². The lowest BCUT2D eigenvalue weighted by atomic mass is 10.1. The number of benzene rings is 2. The maximum atomic E-state index is 9.82. The van der Waals surface area contributed by atoms with Gasteiger partial charge in [0, 0.05) is 5.56 Å². The molecule has 21 heavy (non-hydrogen) atoms. The van der Waals surface area contributed by atoms with E-state index in [0.29, 0.717) is 28.4 Å². The first-order chi connectivity index (χ1) is 10.0. The van der Waals surface area contributed by atoms with E-state index in [1.165, 1.54) is 0 Å². The van der Waals surface area contributed by atoms with E-state index in [2.05, 4.69) is 6.07 Å². The van der Waals surface area contributed by atoms with Gasteiger partial charge in [-0.1, -0.05) is 12.1 Å². The van der Waals surface area contributed by atoms with Crippen molar-refractivity contribution in [3.63, 3.8) is 0 Å². The molecular weight excluding hydrogens is 266 g/mol. The van der Waals surface area contributed by atoms with Crippen LogP contribution in [0.3, 0.4) is 0 Å². The van der Waals surface area contributed by atoms with Crippen molar-refractivity contribution >= 4 is 0 Å². The summed E-state index contributed by atoms with van der Waals surface area (Å²) in [4.78, 5) is 0. The zero-order chi connectivity index (χ0) is 15.4. The maximum absolute atomic E-state index is 9.82. The van der Waals surface area contributed by atoms with Gasteiger partial charge >= 0.3 is 0 Å². The van der Waals surface area contributed by atoms with Gasteiger partial charge in [-0.2, -0.15) is 5.26 Å². The molecule has 0 aromatic heterocycles. The number of rotatable bonds is 4. The molecule has 0 heterocycles. The maximum Gasteiger partial charge on any atom is 0.169 e. The minimum Gasteiger partial charge on any atom is -0.493 e. The Balaban J connectivity index is 2.45. The van der Waals surface area contributed by atoms with Crippen LogP contribution in [-0.4, -0.2) is 12.2 Å². The number of methoxy groups -OCH3 is 1. The number of nitriles is 1. The second-order valence-electron chi connectivity index (χ2n) is 4.80. The fourth-order valence-electron chi connectivity index (χ4n) is 2.02. The molecule has 4 heteroatoms. The van der Waals surface area contributed by atoms with Gasteiger partial charge < -0.3 is 14.6 Å². The summed E-state index contributed by atoms with van der Waals surface area (Å²) in [6, 6.07) is 12.6. The molecule has 0 aliphatic rings. The molecule has 0 bridgehead atoms. The number of aliphatic hydroxyl groups is 1. The van der Waals surface area contributed by atoms with Crippen LogP contribution < -0.4 is 9.47 Å². The van der Waals surface area contributed by atoms with E-state index < -0.39 is 6.10 Å². The average molecular weight is 283 g/mol. The second kappa shape index (κ2) is 6.29. The molecule has 0 aliphatic heterocycles. The highest BCUT2D eigenvalue weighted by Gasteiger charge is 2.13. The highest BCUT2D eigenvalue weighted by atomic mass is 16.5. The first kappa shape index (κ1) is 14.9. The summed E-state index contributed by atoms with van der Waals surface area (Å²) in [7, 11) is 1.57. The lowest BCUT2D eigenvalue weighted by Crippen LogP contribution is -1.98. The predicted molar refractivity (Wildman–Crippen MR) is 79.6 cm³/mol. The molecule has 1 atom stereocenters. The Labute approximate surface area is 124 Å². The molecule has 108 valence electrons. The van der Waals surface area contributed by atoms with E-state index in [1.54, 1.807) is 38.3 Å². The quantitative estimate of drug-likeness (QED) is 0.928. The van der Waals surface area contributed by atoms with Crippen molar-refractivity contribution in [2.45, 2.75) is 20.0 Å². The minimum atomic E-state index is -0.691. The fraction of sp³-hybridized carbons (Fsp3) is 0.235. The van der Waals surface area contributed by atoms with Crippen molar-refractivity contribution in [3.05, 3.63) is 53.1 Å². The van der Waals surface area contributed by atoms with Crippen molar-refractivity contribution < 1.29 is 14.6 Å². The molecule has 2 aromatic rings. The van der Waals surface area contributed by atoms with Crippen LogP contribution in [0.15, 0.2) is 36.4 Å². The van der Waals surface area contributed by atoms with Crippen molar-refractivity contribution in [2.75, 3.05) is 7.11 Å². The summed E-state index contributed by atoms with van der Waals surface area (Å²) < 4.78 is 11.2. The van der Waals surface area contributed by atoms with Crippen LogP contribution in [0.4, 0.5) is 0 Å². The lowest BCUT2D eigenvalue weighted by molar-refractivity contribution is 0.195. The van der Waals surface area contributed by atoms with Crippen LogP contribution in [0, 0.1) is 18.3 Å². The molecule has 1 unspecified atom stereocenters. The Morgan fingerprint density at radius 3 is 2.48 bits per heavy atom. The molecule has 0 saturated heterocycles. The van der Waals surface area contributed by atoms with Gasteiger partial charge in [0.1, 0.15) is 5.75 Å². The number of aliphatic hydroxyl groups excluding tert-OH is 1. The molecule has 0 aliphatic carbocycles. The Morgan fingerprint density at radius 1 is 1.10 bits per heavy atom. The smallest absolute Gasteiger partial charge is 0.169 e. The predicted octanol–water partition coefficient (Wildman–Crippen LogP) is 3.72. The van der Waals surface area contributed by atoms with Gasteiger partial charge in [0.2, 0.25) is 0 Å². The molecule has 1 N–H and O–H groups in total. The zero-order valence-corrected chi connectivity index (χ0v) is 12.3. The third kappa shape index (κ3) is 3.33. The van der Waals surface area contributed by atoms with Crippen LogP contribution >= 0.6 is 0 Å². The fourth-order valence-corrected chi connectivity index (χ4v) is 2.02. The average Bonchev–Trinajstić information content (AvgIpc) is 2.48. The Morgan fingerprint density at radius 2 is 1.86 bits per heavy atom. The van der Waals surface area contributed by atoms with Crippen LogP contribution in [0.25, 0.3) is 0 Å². The first-order valence-corrected chi connectivity index (χ1v) is 6.59. The van der Waals surface area contributed by atoms with Crippen LogP contribution in [0.1, 0.15) is 29.7 Å². The molecular formula is C17H17NO3. The Bertz CT molecular complexity index is 687. The SMILES string of the molecule is COc1cc(C)ccc1Oc1cc(C#N)ccc1C(C)O. The number of ether oxygens (including phenoxy) is 2. The molecule has 2 aromatic carbocycles. The summed E-state index contributed by atoms with van der Waals surface area (Å²) in [5, 5.41) is 18.8. The van der Waals surface area contributed by atoms with Crippen LogP contribution in [-0.2, 0) is 0 Å². The second-order valence-corrected chi connectivity index (χ2v) is 4.80. The van der Waals surface area contributed by atoms with Crippen molar-refractivity contribution in [3.8, 4) is 23.3 Å². The summed E-state index contributed by atoms with van der Waals surface area (Å²) in [5.41, 5.74) is 2.15. The molecule has 0 amide bonds. The van der Waals surface area contributed by atoms with Crippen molar-refractivity contribution in [1.29, 1.82) is 5.26 Å². The van der Waals surface area contributed by atoms with Gasteiger partial charge in [-0.25, -0.2) is 0 Å². The third-order valence-corrected chi connectivity index (χ3v) is 3.13. The summed E-state index contributed by atoms with van der Waals surface area (Å²) in [6.07, 6.45) is -0.691. The minimum absolute atomic E-state index is 0.450. The summed E-state index contributed by atoms with van der Waals surface area (Å²) in [5.74, 6) is 1.60. The van der Waals surface area contributed by atoms with Crippen LogP contribution in [0.5, 0.6) is 17.2 Å². The lowest BCUT2D eigenvalue weighted by Gasteiger charge is -2.15. The third-order valence-electron chi connectivity index (χ3n) is 3.13. The Hall–Kier alpha value is -2.51. The summed E-state index contributed by atoms with van der Waals surface area (Å²) in [6.45, 7) is 3.62. The largest absolute Gasteiger partial charge is 0.493 e. The van der Waals surface area contributed by atoms with E-state index in [1.807, 2.05) is 19.1 Å². The number of nitrogens with zero attached hydrogens (tertiary/aromatic N) is 1. The van der Waals surface area contributed by atoms with Gasteiger partial charge in [0.15, 0.2) is 11.5 Å². The van der Waals surface area contributed by atoms with E-state index in [9.17, 15) is 5.11 Å². The normalized spacial score (nSPS) is 11.6. The molecule has 2 rings (SSSR count).